The normalized spacial score (nSPS) is 10.7. The molecule has 1 heterocycles. The van der Waals surface area contributed by atoms with Gasteiger partial charge in [0.15, 0.2) is 0 Å². The zero-order valence-corrected chi connectivity index (χ0v) is 13.6. The van der Waals surface area contributed by atoms with Crippen LogP contribution in [0.5, 0.6) is 5.75 Å². The molecule has 0 unspecified atom stereocenters. The van der Waals surface area contributed by atoms with Crippen LogP contribution in [0.25, 0.3) is 22.0 Å². The van der Waals surface area contributed by atoms with Crippen LogP contribution in [0.4, 0.5) is 11.5 Å². The first kappa shape index (κ1) is 15.1. The summed E-state index contributed by atoms with van der Waals surface area (Å²) in [6, 6.07) is 11.7. The molecule has 5 heteroatoms. The molecule has 0 aliphatic rings. The lowest BCUT2D eigenvalue weighted by molar-refractivity contribution is 0.340. The third-order valence-electron chi connectivity index (χ3n) is 3.70. The molecule has 0 amide bonds. The number of rotatable bonds is 4. The first-order valence-electron chi connectivity index (χ1n) is 7.62. The molecule has 0 bridgehead atoms. The van der Waals surface area contributed by atoms with E-state index in [4.69, 9.17) is 10.5 Å². The highest BCUT2D eigenvalue weighted by Crippen LogP contribution is 2.37. The number of aryl methyl sites for hydroxylation is 1. The molecule has 118 valence electrons. The molecule has 0 aliphatic carbocycles. The van der Waals surface area contributed by atoms with E-state index >= 15 is 0 Å². The molecule has 0 radical (unpaired) electrons. The quantitative estimate of drug-likeness (QED) is 0.720. The van der Waals surface area contributed by atoms with Crippen molar-refractivity contribution in [3.05, 3.63) is 42.2 Å². The molecule has 0 aliphatic heterocycles. The van der Waals surface area contributed by atoms with E-state index in [1.165, 1.54) is 0 Å². The van der Waals surface area contributed by atoms with Gasteiger partial charge in [0, 0.05) is 18.3 Å². The molecule has 0 saturated heterocycles. The molecule has 1 aromatic heterocycles. The Kier molecular flexibility index (Phi) is 4.02. The van der Waals surface area contributed by atoms with Gasteiger partial charge in [-0.15, -0.1) is 0 Å². The number of benzene rings is 2. The minimum atomic E-state index is 0.646. The Morgan fingerprint density at radius 3 is 2.48 bits per heavy atom. The second kappa shape index (κ2) is 6.12. The number of hydrogen-bond acceptors (Lipinski definition) is 5. The predicted octanol–water partition coefficient (Wildman–Crippen LogP) is 3.63. The molecule has 0 saturated carbocycles. The summed E-state index contributed by atoms with van der Waals surface area (Å²) < 4.78 is 5.51. The number of nitrogens with one attached hydrogen (secondary N) is 1. The van der Waals surface area contributed by atoms with Gasteiger partial charge in [-0.25, -0.2) is 9.97 Å². The van der Waals surface area contributed by atoms with E-state index < -0.39 is 0 Å². The maximum atomic E-state index is 6.26. The van der Waals surface area contributed by atoms with Gasteiger partial charge >= 0.3 is 0 Å². The summed E-state index contributed by atoms with van der Waals surface area (Å²) >= 11 is 0. The Morgan fingerprint density at radius 2 is 1.83 bits per heavy atom. The molecule has 23 heavy (non-hydrogen) atoms. The number of fused-ring (bicyclic) bond motifs is 1. The van der Waals surface area contributed by atoms with Crippen molar-refractivity contribution in [1.29, 1.82) is 0 Å². The summed E-state index contributed by atoms with van der Waals surface area (Å²) in [5.74, 6) is 2.35. The monoisotopic (exact) mass is 308 g/mol. The Bertz CT molecular complexity index is 844. The maximum Gasteiger partial charge on any atom is 0.138 e. The summed E-state index contributed by atoms with van der Waals surface area (Å²) in [6.45, 7) is 4.50. The fourth-order valence-electron chi connectivity index (χ4n) is 2.73. The second-order valence-electron chi connectivity index (χ2n) is 5.25. The number of nitrogen functional groups attached to an aromatic ring is 1. The first-order valence-corrected chi connectivity index (χ1v) is 7.62. The molecule has 0 spiro atoms. The summed E-state index contributed by atoms with van der Waals surface area (Å²) in [6.07, 6.45) is 0. The maximum absolute atomic E-state index is 6.26. The van der Waals surface area contributed by atoms with Crippen molar-refractivity contribution >= 4 is 22.4 Å². The third kappa shape index (κ3) is 2.77. The van der Waals surface area contributed by atoms with E-state index in [1.807, 2.05) is 57.3 Å². The Morgan fingerprint density at radius 1 is 1.09 bits per heavy atom. The Hall–Kier alpha value is -2.82. The molecule has 3 aromatic rings. The molecule has 3 N–H and O–H groups in total. The molecule has 3 rings (SSSR count). The van der Waals surface area contributed by atoms with Crippen LogP contribution >= 0.6 is 0 Å². The van der Waals surface area contributed by atoms with Crippen molar-refractivity contribution in [3.8, 4) is 16.9 Å². The van der Waals surface area contributed by atoms with Gasteiger partial charge < -0.3 is 15.8 Å². The zero-order chi connectivity index (χ0) is 16.4. The van der Waals surface area contributed by atoms with Gasteiger partial charge in [-0.3, -0.25) is 0 Å². The van der Waals surface area contributed by atoms with Crippen molar-refractivity contribution < 1.29 is 4.74 Å². The standard InChI is InChI=1S/C18H20N4O/c1-4-23-13-7-5-12(6-8-13)16-14(19)9-10-15-17(16)18(20-3)22-11(2)21-15/h5-10H,4,19H2,1-3H3,(H,20,21,22). The van der Waals surface area contributed by atoms with Crippen LogP contribution in [-0.4, -0.2) is 23.6 Å². The fourth-order valence-corrected chi connectivity index (χ4v) is 2.73. The lowest BCUT2D eigenvalue weighted by atomic mass is 9.98. The minimum absolute atomic E-state index is 0.646. The number of nitrogens with two attached hydrogens (primary N) is 1. The number of hydrogen-bond donors (Lipinski definition) is 2. The van der Waals surface area contributed by atoms with Gasteiger partial charge in [0.1, 0.15) is 17.4 Å². The average Bonchev–Trinajstić information content (AvgIpc) is 2.55. The largest absolute Gasteiger partial charge is 0.494 e. The van der Waals surface area contributed by atoms with E-state index in [0.29, 0.717) is 12.3 Å². The summed E-state index contributed by atoms with van der Waals surface area (Å²) in [7, 11) is 1.85. The lowest BCUT2D eigenvalue weighted by Gasteiger charge is -2.14. The van der Waals surface area contributed by atoms with Gasteiger partial charge in [0.2, 0.25) is 0 Å². The number of aromatic nitrogens is 2. The van der Waals surface area contributed by atoms with Gasteiger partial charge in [0.05, 0.1) is 17.5 Å². The van der Waals surface area contributed by atoms with Crippen LogP contribution in [0.15, 0.2) is 36.4 Å². The fraction of sp³-hybridized carbons (Fsp3) is 0.222. The minimum Gasteiger partial charge on any atom is -0.494 e. The van der Waals surface area contributed by atoms with Crippen molar-refractivity contribution in [3.63, 3.8) is 0 Å². The lowest BCUT2D eigenvalue weighted by Crippen LogP contribution is -2.01. The SMILES string of the molecule is CCOc1ccc(-c2c(N)ccc3nc(C)nc(NC)c23)cc1. The van der Waals surface area contributed by atoms with Crippen LogP contribution in [0.3, 0.4) is 0 Å². The van der Waals surface area contributed by atoms with E-state index in [1.54, 1.807) is 0 Å². The number of nitrogens with zero attached hydrogens (tertiary/aromatic N) is 2. The highest BCUT2D eigenvalue weighted by molar-refractivity contribution is 6.06. The molecule has 0 fully saturated rings. The number of anilines is 2. The summed E-state index contributed by atoms with van der Waals surface area (Å²) in [5, 5.41) is 4.08. The molecule has 0 atom stereocenters. The van der Waals surface area contributed by atoms with E-state index in [-0.39, 0.29) is 0 Å². The van der Waals surface area contributed by atoms with Crippen molar-refractivity contribution in [2.45, 2.75) is 13.8 Å². The van der Waals surface area contributed by atoms with Crippen LogP contribution in [0.1, 0.15) is 12.7 Å². The average molecular weight is 308 g/mol. The molecule has 5 nitrogen and oxygen atoms in total. The number of ether oxygens (including phenoxy) is 1. The smallest absolute Gasteiger partial charge is 0.138 e. The molecule has 2 aromatic carbocycles. The van der Waals surface area contributed by atoms with E-state index in [2.05, 4.69) is 15.3 Å². The highest BCUT2D eigenvalue weighted by Gasteiger charge is 2.14. The summed E-state index contributed by atoms with van der Waals surface area (Å²) in [5.41, 5.74) is 9.79. The molecular formula is C18H20N4O. The van der Waals surface area contributed by atoms with Gasteiger partial charge in [-0.05, 0) is 43.7 Å². The second-order valence-corrected chi connectivity index (χ2v) is 5.25. The van der Waals surface area contributed by atoms with Gasteiger partial charge in [0.25, 0.3) is 0 Å². The zero-order valence-electron chi connectivity index (χ0n) is 13.6. The van der Waals surface area contributed by atoms with Crippen molar-refractivity contribution in [2.75, 3.05) is 24.7 Å². The Balaban J connectivity index is 2.25. The van der Waals surface area contributed by atoms with Crippen LogP contribution in [0, 0.1) is 6.92 Å². The van der Waals surface area contributed by atoms with Crippen LogP contribution in [0.2, 0.25) is 0 Å². The van der Waals surface area contributed by atoms with E-state index in [0.717, 1.165) is 39.4 Å². The van der Waals surface area contributed by atoms with Crippen LogP contribution in [-0.2, 0) is 0 Å². The van der Waals surface area contributed by atoms with Gasteiger partial charge in [-0.2, -0.15) is 0 Å². The molecular weight excluding hydrogens is 288 g/mol. The Labute approximate surface area is 135 Å². The van der Waals surface area contributed by atoms with Crippen molar-refractivity contribution in [2.24, 2.45) is 0 Å². The third-order valence-corrected chi connectivity index (χ3v) is 3.70. The van der Waals surface area contributed by atoms with Crippen LogP contribution < -0.4 is 15.8 Å². The predicted molar refractivity (Wildman–Crippen MR) is 94.8 cm³/mol. The highest BCUT2D eigenvalue weighted by atomic mass is 16.5. The first-order chi connectivity index (χ1) is 11.1. The van der Waals surface area contributed by atoms with Crippen molar-refractivity contribution in [1.82, 2.24) is 9.97 Å². The topological polar surface area (TPSA) is 73.1 Å². The summed E-state index contributed by atoms with van der Waals surface area (Å²) in [4.78, 5) is 9.02. The van der Waals surface area contributed by atoms with Gasteiger partial charge in [-0.1, -0.05) is 12.1 Å². The van der Waals surface area contributed by atoms with E-state index in [9.17, 15) is 0 Å².